The van der Waals surface area contributed by atoms with E-state index < -0.39 is 0 Å². The van der Waals surface area contributed by atoms with Gasteiger partial charge in [-0.05, 0) is 53.5 Å². The van der Waals surface area contributed by atoms with Gasteiger partial charge in [0.05, 0.1) is 5.02 Å². The summed E-state index contributed by atoms with van der Waals surface area (Å²) in [4.78, 5) is 12.1. The van der Waals surface area contributed by atoms with Crippen LogP contribution >= 0.6 is 27.5 Å². The molecule has 1 aliphatic rings. The molecule has 18 heavy (non-hydrogen) atoms. The zero-order valence-corrected chi connectivity index (χ0v) is 12.4. The summed E-state index contributed by atoms with van der Waals surface area (Å²) in [7, 11) is 0. The average molecular weight is 332 g/mol. The van der Waals surface area contributed by atoms with Gasteiger partial charge in [0.25, 0.3) is 5.91 Å². The number of carbonyl (C=O) groups is 1. The van der Waals surface area contributed by atoms with Crippen LogP contribution in [0.3, 0.4) is 0 Å². The molecule has 0 aliphatic carbocycles. The Balaban J connectivity index is 1.99. The lowest BCUT2D eigenvalue weighted by Crippen LogP contribution is -2.40. The van der Waals surface area contributed by atoms with Crippen LogP contribution in [-0.4, -0.2) is 25.0 Å². The molecule has 2 N–H and O–H groups in total. The van der Waals surface area contributed by atoms with E-state index in [2.05, 4.69) is 26.6 Å². The van der Waals surface area contributed by atoms with Crippen molar-refractivity contribution in [2.24, 2.45) is 0 Å². The van der Waals surface area contributed by atoms with Gasteiger partial charge < -0.3 is 10.6 Å². The van der Waals surface area contributed by atoms with Gasteiger partial charge in [-0.15, -0.1) is 0 Å². The highest BCUT2D eigenvalue weighted by Crippen LogP contribution is 2.23. The molecule has 0 spiro atoms. The Morgan fingerprint density at radius 2 is 2.28 bits per heavy atom. The quantitative estimate of drug-likeness (QED) is 0.875. The molecule has 0 radical (unpaired) electrons. The summed E-state index contributed by atoms with van der Waals surface area (Å²) in [5.74, 6) is -0.0407. The van der Waals surface area contributed by atoms with Crippen LogP contribution in [0.15, 0.2) is 22.7 Å². The summed E-state index contributed by atoms with van der Waals surface area (Å²) in [5, 5.41) is 7.00. The largest absolute Gasteiger partial charge is 0.348 e. The smallest absolute Gasteiger partial charge is 0.251 e. The van der Waals surface area contributed by atoms with E-state index in [1.165, 1.54) is 6.42 Å². The summed E-state index contributed by atoms with van der Waals surface area (Å²) >= 11 is 9.24. The van der Waals surface area contributed by atoms with Gasteiger partial charge in [0, 0.05) is 22.6 Å². The minimum atomic E-state index is -0.0407. The summed E-state index contributed by atoms with van der Waals surface area (Å²) in [6.45, 7) is 1.89. The van der Waals surface area contributed by atoms with E-state index in [-0.39, 0.29) is 11.9 Å². The molecule has 1 heterocycles. The average Bonchev–Trinajstić information content (AvgIpc) is 2.61. The summed E-state index contributed by atoms with van der Waals surface area (Å²) in [6.07, 6.45) is 3.37. The first kappa shape index (κ1) is 13.8. The van der Waals surface area contributed by atoms with Crippen LogP contribution < -0.4 is 10.6 Å². The zero-order valence-electron chi connectivity index (χ0n) is 10.0. The van der Waals surface area contributed by atoms with Crippen LogP contribution in [0, 0.1) is 0 Å². The van der Waals surface area contributed by atoms with Crippen molar-refractivity contribution in [1.82, 2.24) is 10.6 Å². The predicted octanol–water partition coefficient (Wildman–Crippen LogP) is 2.97. The molecule has 1 amide bonds. The predicted molar refractivity (Wildman–Crippen MR) is 77.1 cm³/mol. The minimum Gasteiger partial charge on any atom is -0.348 e. The van der Waals surface area contributed by atoms with Crippen LogP contribution in [0.25, 0.3) is 0 Å². The maximum atomic E-state index is 12.1. The molecular formula is C13H16BrClN2O. The molecule has 98 valence electrons. The van der Waals surface area contributed by atoms with Crippen molar-refractivity contribution in [3.05, 3.63) is 33.3 Å². The number of amides is 1. The Labute approximate surface area is 120 Å². The summed E-state index contributed by atoms with van der Waals surface area (Å²) in [5.41, 5.74) is 0.635. The van der Waals surface area contributed by atoms with Gasteiger partial charge in [0.15, 0.2) is 0 Å². The highest BCUT2D eigenvalue weighted by atomic mass is 79.9. The lowest BCUT2D eigenvalue weighted by Gasteiger charge is -2.16. The molecule has 1 aromatic carbocycles. The molecule has 3 nitrogen and oxygen atoms in total. The Morgan fingerprint density at radius 1 is 1.44 bits per heavy atom. The first-order valence-electron chi connectivity index (χ1n) is 6.13. The highest BCUT2D eigenvalue weighted by Gasteiger charge is 2.15. The van der Waals surface area contributed by atoms with Gasteiger partial charge in [-0.1, -0.05) is 18.0 Å². The van der Waals surface area contributed by atoms with Crippen molar-refractivity contribution in [3.63, 3.8) is 0 Å². The molecule has 0 aromatic heterocycles. The van der Waals surface area contributed by atoms with Gasteiger partial charge in [0.2, 0.25) is 0 Å². The fourth-order valence-electron chi connectivity index (χ4n) is 2.05. The Bertz CT molecular complexity index is 431. The van der Waals surface area contributed by atoms with Crippen LogP contribution in [0.1, 0.15) is 29.6 Å². The summed E-state index contributed by atoms with van der Waals surface area (Å²) < 4.78 is 0.746. The molecule has 1 saturated heterocycles. The van der Waals surface area contributed by atoms with Crippen LogP contribution in [0.4, 0.5) is 0 Å². The van der Waals surface area contributed by atoms with Gasteiger partial charge in [-0.3, -0.25) is 4.79 Å². The third-order valence-corrected chi connectivity index (χ3v) is 4.28. The normalized spacial score (nSPS) is 20.2. The molecule has 0 saturated carbocycles. The number of hydrogen-bond acceptors (Lipinski definition) is 2. The Kier molecular flexibility index (Phi) is 5.03. The van der Waals surface area contributed by atoms with E-state index in [0.29, 0.717) is 10.6 Å². The molecule has 1 fully saturated rings. The van der Waals surface area contributed by atoms with Crippen molar-refractivity contribution in [2.45, 2.75) is 25.3 Å². The molecule has 1 aliphatic heterocycles. The minimum absolute atomic E-state index is 0.0407. The lowest BCUT2D eigenvalue weighted by molar-refractivity contribution is 0.0935. The third-order valence-electron chi connectivity index (χ3n) is 3.06. The zero-order chi connectivity index (χ0) is 13.0. The van der Waals surface area contributed by atoms with E-state index in [1.807, 2.05) is 0 Å². The van der Waals surface area contributed by atoms with Gasteiger partial charge in [-0.2, -0.15) is 0 Å². The van der Waals surface area contributed by atoms with Crippen molar-refractivity contribution < 1.29 is 4.79 Å². The van der Waals surface area contributed by atoms with Crippen LogP contribution in [0.5, 0.6) is 0 Å². The maximum absolute atomic E-state index is 12.1. The monoisotopic (exact) mass is 330 g/mol. The van der Waals surface area contributed by atoms with Crippen LogP contribution in [-0.2, 0) is 0 Å². The Hall–Kier alpha value is -0.580. The second-order valence-electron chi connectivity index (χ2n) is 4.50. The number of nitrogens with one attached hydrogen (secondary N) is 2. The summed E-state index contributed by atoms with van der Waals surface area (Å²) in [6, 6.07) is 5.44. The fourth-order valence-corrected chi connectivity index (χ4v) is 2.54. The second-order valence-corrected chi connectivity index (χ2v) is 5.76. The number of halogens is 2. The van der Waals surface area contributed by atoms with Crippen molar-refractivity contribution in [2.75, 3.05) is 13.1 Å². The highest BCUT2D eigenvalue weighted by molar-refractivity contribution is 9.10. The number of hydrogen-bond donors (Lipinski definition) is 2. The maximum Gasteiger partial charge on any atom is 0.251 e. The standard InChI is InChI=1S/C13H16BrClN2O/c14-11-7-9(4-5-12(11)15)13(18)17-10-3-1-2-6-16-8-10/h4-5,7,10,16H,1-3,6,8H2,(H,17,18). The first-order chi connectivity index (χ1) is 8.66. The van der Waals surface area contributed by atoms with Gasteiger partial charge in [-0.25, -0.2) is 0 Å². The fraction of sp³-hybridized carbons (Fsp3) is 0.462. The molecule has 1 unspecified atom stereocenters. The molecular weight excluding hydrogens is 316 g/mol. The topological polar surface area (TPSA) is 41.1 Å². The number of carbonyl (C=O) groups excluding carboxylic acids is 1. The van der Waals surface area contributed by atoms with E-state index in [4.69, 9.17) is 11.6 Å². The lowest BCUT2D eigenvalue weighted by atomic mass is 10.1. The third kappa shape index (κ3) is 3.70. The molecule has 2 rings (SSSR count). The van der Waals surface area contributed by atoms with E-state index in [1.54, 1.807) is 18.2 Å². The van der Waals surface area contributed by atoms with E-state index in [9.17, 15) is 4.79 Å². The number of rotatable bonds is 2. The van der Waals surface area contributed by atoms with E-state index in [0.717, 1.165) is 30.4 Å². The molecule has 1 atom stereocenters. The van der Waals surface area contributed by atoms with Crippen molar-refractivity contribution >= 4 is 33.4 Å². The SMILES string of the molecule is O=C(NC1CCCCNC1)c1ccc(Cl)c(Br)c1. The van der Waals surface area contributed by atoms with Gasteiger partial charge >= 0.3 is 0 Å². The molecule has 1 aromatic rings. The van der Waals surface area contributed by atoms with Crippen LogP contribution in [0.2, 0.25) is 5.02 Å². The molecule has 5 heteroatoms. The van der Waals surface area contributed by atoms with E-state index >= 15 is 0 Å². The van der Waals surface area contributed by atoms with Crippen molar-refractivity contribution in [1.29, 1.82) is 0 Å². The molecule has 0 bridgehead atoms. The van der Waals surface area contributed by atoms with Crippen molar-refractivity contribution in [3.8, 4) is 0 Å². The number of benzene rings is 1. The second kappa shape index (κ2) is 6.55. The Morgan fingerprint density at radius 3 is 3.06 bits per heavy atom. The van der Waals surface area contributed by atoms with Gasteiger partial charge in [0.1, 0.15) is 0 Å². The first-order valence-corrected chi connectivity index (χ1v) is 7.30.